The first-order valence-electron chi connectivity index (χ1n) is 8.70. The molecule has 5 rings (SSSR count). The van der Waals surface area contributed by atoms with Crippen LogP contribution in [0.4, 0.5) is 0 Å². The summed E-state index contributed by atoms with van der Waals surface area (Å²) >= 11 is 0. The van der Waals surface area contributed by atoms with E-state index in [4.69, 9.17) is 9.40 Å². The van der Waals surface area contributed by atoms with Crippen LogP contribution in [0.5, 0.6) is 0 Å². The number of Topliss-reactive ketones (excluding diaryl/α,β-unsaturated/α-hetero) is 1. The molecular formula is C21H17N3O2. The Bertz CT molecular complexity index is 1110. The van der Waals surface area contributed by atoms with E-state index in [2.05, 4.69) is 36.3 Å². The number of nitrogens with zero attached hydrogens (tertiary/aromatic N) is 3. The van der Waals surface area contributed by atoms with E-state index < -0.39 is 0 Å². The van der Waals surface area contributed by atoms with Gasteiger partial charge in [-0.25, -0.2) is 9.50 Å². The minimum absolute atomic E-state index is 0.0469. The molecule has 128 valence electrons. The van der Waals surface area contributed by atoms with Crippen molar-refractivity contribution in [2.45, 2.75) is 25.7 Å². The fraction of sp³-hybridized carbons (Fsp3) is 0.190. The number of carbonyl (C=O) groups is 1. The highest BCUT2D eigenvalue weighted by Crippen LogP contribution is 2.33. The maximum Gasteiger partial charge on any atom is 0.167 e. The van der Waals surface area contributed by atoms with Gasteiger partial charge in [-0.15, -0.1) is 0 Å². The van der Waals surface area contributed by atoms with E-state index in [9.17, 15) is 4.79 Å². The van der Waals surface area contributed by atoms with E-state index in [1.165, 1.54) is 5.56 Å². The van der Waals surface area contributed by atoms with Crippen molar-refractivity contribution in [3.05, 3.63) is 77.6 Å². The highest BCUT2D eigenvalue weighted by molar-refractivity contribution is 5.99. The second-order valence-corrected chi connectivity index (χ2v) is 6.84. The molecule has 3 aromatic heterocycles. The zero-order valence-corrected chi connectivity index (χ0v) is 14.3. The molecule has 0 amide bonds. The van der Waals surface area contributed by atoms with E-state index in [1.807, 2.05) is 24.5 Å². The molecule has 0 spiro atoms. The summed E-state index contributed by atoms with van der Waals surface area (Å²) in [6, 6.07) is 12.1. The summed E-state index contributed by atoms with van der Waals surface area (Å²) in [6.45, 7) is 2.06. The van der Waals surface area contributed by atoms with Crippen molar-refractivity contribution in [2.75, 3.05) is 0 Å². The molecule has 0 saturated heterocycles. The van der Waals surface area contributed by atoms with Gasteiger partial charge in [0.25, 0.3) is 0 Å². The standard InChI is InChI=1S/C21H17N3O2/c1-13-4-6-14(7-5-13)16-11-22-24-12-17-18(23-21(16)24)9-15(10-19(17)25)20-3-2-8-26-20/h2-8,11-12,15H,9-10H2,1H3. The van der Waals surface area contributed by atoms with Crippen molar-refractivity contribution in [2.24, 2.45) is 0 Å². The number of hydrogen-bond donors (Lipinski definition) is 0. The minimum atomic E-state index is 0.0469. The third-order valence-electron chi connectivity index (χ3n) is 5.05. The van der Waals surface area contributed by atoms with Gasteiger partial charge in [-0.05, 0) is 24.6 Å². The van der Waals surface area contributed by atoms with E-state index >= 15 is 0 Å². The summed E-state index contributed by atoms with van der Waals surface area (Å²) in [5, 5.41) is 4.41. The Morgan fingerprint density at radius 3 is 2.73 bits per heavy atom. The van der Waals surface area contributed by atoms with Crippen LogP contribution in [0.1, 0.15) is 39.7 Å². The number of furan rings is 1. The Labute approximate surface area is 150 Å². The summed E-state index contributed by atoms with van der Waals surface area (Å²) in [7, 11) is 0. The van der Waals surface area contributed by atoms with Gasteiger partial charge in [-0.1, -0.05) is 29.8 Å². The second kappa shape index (κ2) is 5.66. The molecule has 0 aliphatic heterocycles. The van der Waals surface area contributed by atoms with Crippen molar-refractivity contribution < 1.29 is 9.21 Å². The van der Waals surface area contributed by atoms with E-state index in [-0.39, 0.29) is 11.7 Å². The molecular weight excluding hydrogens is 326 g/mol. The smallest absolute Gasteiger partial charge is 0.167 e. The normalized spacial score (nSPS) is 16.8. The van der Waals surface area contributed by atoms with Crippen LogP contribution in [0.15, 0.2) is 59.5 Å². The van der Waals surface area contributed by atoms with E-state index in [0.29, 0.717) is 18.4 Å². The van der Waals surface area contributed by atoms with Crippen LogP contribution in [0.25, 0.3) is 16.8 Å². The third-order valence-corrected chi connectivity index (χ3v) is 5.05. The number of ketones is 1. The lowest BCUT2D eigenvalue weighted by atomic mass is 9.85. The first kappa shape index (κ1) is 15.1. The lowest BCUT2D eigenvalue weighted by molar-refractivity contribution is 0.0958. The maximum atomic E-state index is 12.6. The molecule has 5 heteroatoms. The van der Waals surface area contributed by atoms with Gasteiger partial charge in [0.15, 0.2) is 11.4 Å². The Morgan fingerprint density at radius 2 is 1.96 bits per heavy atom. The van der Waals surface area contributed by atoms with Crippen molar-refractivity contribution in [3.8, 4) is 11.1 Å². The van der Waals surface area contributed by atoms with Crippen LogP contribution in [-0.2, 0) is 6.42 Å². The number of carbonyl (C=O) groups excluding carboxylic acids is 1. The van der Waals surface area contributed by atoms with Gasteiger partial charge in [0.1, 0.15) is 5.76 Å². The van der Waals surface area contributed by atoms with Gasteiger partial charge in [0.05, 0.1) is 23.7 Å². The molecule has 4 aromatic rings. The van der Waals surface area contributed by atoms with Crippen LogP contribution >= 0.6 is 0 Å². The molecule has 26 heavy (non-hydrogen) atoms. The largest absolute Gasteiger partial charge is 0.469 e. The Morgan fingerprint density at radius 1 is 1.12 bits per heavy atom. The SMILES string of the molecule is Cc1ccc(-c2cnn3cc4c(nc23)CC(c2ccco2)CC4=O)cc1. The molecule has 0 fully saturated rings. The number of rotatable bonds is 2. The fourth-order valence-electron chi connectivity index (χ4n) is 3.64. The Hall–Kier alpha value is -3.21. The topological polar surface area (TPSA) is 60.4 Å². The molecule has 1 unspecified atom stereocenters. The number of aryl methyl sites for hydroxylation is 1. The monoisotopic (exact) mass is 343 g/mol. The maximum absolute atomic E-state index is 12.6. The number of fused-ring (bicyclic) bond motifs is 2. The Balaban J connectivity index is 1.62. The minimum Gasteiger partial charge on any atom is -0.469 e. The summed E-state index contributed by atoms with van der Waals surface area (Å²) in [4.78, 5) is 17.4. The first-order valence-corrected chi connectivity index (χ1v) is 8.70. The fourth-order valence-corrected chi connectivity index (χ4v) is 3.64. The zero-order chi connectivity index (χ0) is 17.7. The molecule has 1 atom stereocenters. The van der Waals surface area contributed by atoms with Crippen LogP contribution in [-0.4, -0.2) is 20.4 Å². The van der Waals surface area contributed by atoms with Crippen LogP contribution in [0, 0.1) is 6.92 Å². The molecule has 5 nitrogen and oxygen atoms in total. The number of aromatic nitrogens is 3. The van der Waals surface area contributed by atoms with Gasteiger partial charge in [-0.3, -0.25) is 4.79 Å². The summed E-state index contributed by atoms with van der Waals surface area (Å²) < 4.78 is 7.22. The molecule has 3 heterocycles. The van der Waals surface area contributed by atoms with Crippen molar-refractivity contribution in [1.82, 2.24) is 14.6 Å². The van der Waals surface area contributed by atoms with E-state index in [0.717, 1.165) is 28.2 Å². The molecule has 1 aliphatic carbocycles. The highest BCUT2D eigenvalue weighted by atomic mass is 16.3. The average molecular weight is 343 g/mol. The molecule has 0 radical (unpaired) electrons. The Kier molecular flexibility index (Phi) is 3.28. The predicted octanol–water partition coefficient (Wildman–Crippen LogP) is 4.21. The molecule has 1 aliphatic rings. The zero-order valence-electron chi connectivity index (χ0n) is 14.3. The second-order valence-electron chi connectivity index (χ2n) is 6.84. The van der Waals surface area contributed by atoms with Crippen LogP contribution in [0.3, 0.4) is 0 Å². The predicted molar refractivity (Wildman–Crippen MR) is 97.3 cm³/mol. The lowest BCUT2D eigenvalue weighted by Crippen LogP contribution is -2.21. The number of hydrogen-bond acceptors (Lipinski definition) is 4. The summed E-state index contributed by atoms with van der Waals surface area (Å²) in [5.41, 5.74) is 5.52. The molecule has 0 N–H and O–H groups in total. The van der Waals surface area contributed by atoms with Gasteiger partial charge < -0.3 is 4.42 Å². The molecule has 1 aromatic carbocycles. The van der Waals surface area contributed by atoms with Crippen LogP contribution < -0.4 is 0 Å². The van der Waals surface area contributed by atoms with Crippen molar-refractivity contribution in [3.63, 3.8) is 0 Å². The van der Waals surface area contributed by atoms with Gasteiger partial charge in [-0.2, -0.15) is 5.10 Å². The average Bonchev–Trinajstić information content (AvgIpc) is 3.31. The summed E-state index contributed by atoms with van der Waals surface area (Å²) in [6.07, 6.45) is 6.42. The number of benzene rings is 1. The van der Waals surface area contributed by atoms with Gasteiger partial charge in [0.2, 0.25) is 0 Å². The highest BCUT2D eigenvalue weighted by Gasteiger charge is 2.30. The molecule has 0 saturated carbocycles. The third kappa shape index (κ3) is 2.36. The lowest BCUT2D eigenvalue weighted by Gasteiger charge is -2.21. The van der Waals surface area contributed by atoms with Crippen LogP contribution in [0.2, 0.25) is 0 Å². The van der Waals surface area contributed by atoms with E-state index in [1.54, 1.807) is 10.8 Å². The van der Waals surface area contributed by atoms with Gasteiger partial charge >= 0.3 is 0 Å². The summed E-state index contributed by atoms with van der Waals surface area (Å²) in [5.74, 6) is 0.984. The first-order chi connectivity index (χ1) is 12.7. The molecule has 0 bridgehead atoms. The van der Waals surface area contributed by atoms with Crippen molar-refractivity contribution in [1.29, 1.82) is 0 Å². The van der Waals surface area contributed by atoms with Crippen molar-refractivity contribution >= 4 is 11.4 Å². The quantitative estimate of drug-likeness (QED) is 0.547. The van der Waals surface area contributed by atoms with Gasteiger partial charge in [0, 0.05) is 30.5 Å².